The molecule has 0 spiro atoms. The van der Waals surface area contributed by atoms with E-state index in [4.69, 9.17) is 0 Å². The Balaban J connectivity index is 1.80. The lowest BCUT2D eigenvalue weighted by molar-refractivity contribution is -0.384. The maximum atomic E-state index is 10.7. The first-order valence-electron chi connectivity index (χ1n) is 6.65. The molecule has 0 unspecified atom stereocenters. The largest absolute Gasteiger partial charge is 0.508 e. The number of nitro groups is 1. The van der Waals surface area contributed by atoms with Crippen LogP contribution >= 0.6 is 11.3 Å². The smallest absolute Gasteiger partial charge is 0.270 e. The Bertz CT molecular complexity index is 872. The summed E-state index contributed by atoms with van der Waals surface area (Å²) in [5, 5.41) is 22.5. The molecule has 0 aliphatic rings. The summed E-state index contributed by atoms with van der Waals surface area (Å²) in [6, 6.07) is 13.0. The zero-order valence-corrected chi connectivity index (χ0v) is 12.6. The van der Waals surface area contributed by atoms with Gasteiger partial charge < -0.3 is 5.11 Å². The maximum Gasteiger partial charge on any atom is 0.270 e. The molecule has 114 valence electrons. The van der Waals surface area contributed by atoms with Crippen LogP contribution in [0.3, 0.4) is 0 Å². The Morgan fingerprint density at radius 3 is 2.74 bits per heavy atom. The van der Waals surface area contributed by atoms with Crippen molar-refractivity contribution in [1.82, 2.24) is 4.98 Å². The summed E-state index contributed by atoms with van der Waals surface area (Å²) in [6.45, 7) is 0. The van der Waals surface area contributed by atoms with Gasteiger partial charge in [0.1, 0.15) is 5.75 Å². The molecule has 0 radical (unpaired) electrons. The first kappa shape index (κ1) is 14.9. The van der Waals surface area contributed by atoms with Gasteiger partial charge in [-0.15, -0.1) is 11.3 Å². The molecular formula is C16H11N3O3S. The van der Waals surface area contributed by atoms with Gasteiger partial charge in [0.25, 0.3) is 5.69 Å². The van der Waals surface area contributed by atoms with Crippen molar-refractivity contribution < 1.29 is 10.0 Å². The Morgan fingerprint density at radius 2 is 2.00 bits per heavy atom. The number of phenolic OH excluding ortho intramolecular Hbond substituents is 1. The first-order valence-corrected chi connectivity index (χ1v) is 7.53. The van der Waals surface area contributed by atoms with E-state index in [1.165, 1.54) is 23.5 Å². The molecule has 0 amide bonds. The lowest BCUT2D eigenvalue weighted by Gasteiger charge is -1.96. The van der Waals surface area contributed by atoms with Crippen molar-refractivity contribution in [3.63, 3.8) is 0 Å². The second-order valence-electron chi connectivity index (χ2n) is 4.67. The normalized spacial score (nSPS) is 11.0. The van der Waals surface area contributed by atoms with Gasteiger partial charge in [0, 0.05) is 29.3 Å². The number of hydrogen-bond donors (Lipinski definition) is 1. The van der Waals surface area contributed by atoms with Crippen LogP contribution in [0.15, 0.2) is 58.9 Å². The summed E-state index contributed by atoms with van der Waals surface area (Å²) in [5.74, 6) is 0.202. The molecule has 1 N–H and O–H groups in total. The summed E-state index contributed by atoms with van der Waals surface area (Å²) in [4.78, 5) is 18.9. The van der Waals surface area contributed by atoms with E-state index >= 15 is 0 Å². The van der Waals surface area contributed by atoms with Crippen LogP contribution in [0.4, 0.5) is 10.8 Å². The van der Waals surface area contributed by atoms with Crippen LogP contribution in [0.2, 0.25) is 0 Å². The van der Waals surface area contributed by atoms with Crippen LogP contribution in [0.25, 0.3) is 11.3 Å². The molecule has 1 aromatic heterocycles. The van der Waals surface area contributed by atoms with Crippen molar-refractivity contribution >= 4 is 28.4 Å². The molecule has 0 aliphatic heterocycles. The lowest BCUT2D eigenvalue weighted by Crippen LogP contribution is -1.89. The van der Waals surface area contributed by atoms with Crippen LogP contribution in [0.5, 0.6) is 5.75 Å². The summed E-state index contributed by atoms with van der Waals surface area (Å²) in [6.07, 6.45) is 1.55. The summed E-state index contributed by atoms with van der Waals surface area (Å²) < 4.78 is 0. The molecule has 0 atom stereocenters. The van der Waals surface area contributed by atoms with E-state index in [9.17, 15) is 15.2 Å². The predicted molar refractivity (Wildman–Crippen MR) is 89.6 cm³/mol. The highest BCUT2D eigenvalue weighted by Crippen LogP contribution is 2.27. The maximum absolute atomic E-state index is 10.7. The molecule has 3 aromatic rings. The van der Waals surface area contributed by atoms with Crippen molar-refractivity contribution in [1.29, 1.82) is 0 Å². The third-order valence-corrected chi connectivity index (χ3v) is 3.81. The van der Waals surface area contributed by atoms with Gasteiger partial charge in [-0.2, -0.15) is 0 Å². The van der Waals surface area contributed by atoms with Crippen LogP contribution in [0.1, 0.15) is 5.56 Å². The molecule has 23 heavy (non-hydrogen) atoms. The quantitative estimate of drug-likeness (QED) is 0.443. The van der Waals surface area contributed by atoms with E-state index in [2.05, 4.69) is 9.98 Å². The third-order valence-electron chi connectivity index (χ3n) is 3.06. The number of aromatic nitrogens is 1. The molecule has 2 aromatic carbocycles. The van der Waals surface area contributed by atoms with Crippen molar-refractivity contribution in [3.05, 3.63) is 69.6 Å². The van der Waals surface area contributed by atoms with Crippen molar-refractivity contribution in [2.75, 3.05) is 0 Å². The fraction of sp³-hybridized carbons (Fsp3) is 0. The minimum Gasteiger partial charge on any atom is -0.508 e. The monoisotopic (exact) mass is 325 g/mol. The van der Waals surface area contributed by atoms with Gasteiger partial charge in [-0.05, 0) is 29.8 Å². The van der Waals surface area contributed by atoms with E-state index in [0.717, 1.165) is 11.3 Å². The van der Waals surface area contributed by atoms with E-state index in [1.807, 2.05) is 5.38 Å². The zero-order chi connectivity index (χ0) is 16.2. The summed E-state index contributed by atoms with van der Waals surface area (Å²) in [7, 11) is 0. The number of aromatic hydroxyl groups is 1. The molecule has 0 bridgehead atoms. The van der Waals surface area contributed by atoms with Gasteiger partial charge in [0.15, 0.2) is 0 Å². The summed E-state index contributed by atoms with van der Waals surface area (Å²) in [5.41, 5.74) is 2.32. The molecule has 1 heterocycles. The number of nitrogens with zero attached hydrogens (tertiary/aromatic N) is 3. The van der Waals surface area contributed by atoms with Crippen LogP contribution in [-0.2, 0) is 0 Å². The number of aliphatic imine (C=N–C) groups is 1. The van der Waals surface area contributed by atoms with E-state index < -0.39 is 4.92 Å². The molecule has 0 aliphatic carbocycles. The standard InChI is InChI=1S/C16H11N3O3S/c20-14-6-4-12(5-7-14)15-10-23-16(18-15)17-9-11-2-1-3-13(8-11)19(21)22/h1-10,20H/b17-9+. The van der Waals surface area contributed by atoms with E-state index in [-0.39, 0.29) is 11.4 Å². The highest BCUT2D eigenvalue weighted by molar-refractivity contribution is 7.13. The van der Waals surface area contributed by atoms with Gasteiger partial charge in [0.05, 0.1) is 10.6 Å². The Labute approximate surface area is 135 Å². The number of benzene rings is 2. The fourth-order valence-corrected chi connectivity index (χ4v) is 2.61. The second kappa shape index (κ2) is 6.37. The van der Waals surface area contributed by atoms with Gasteiger partial charge in [-0.1, -0.05) is 12.1 Å². The van der Waals surface area contributed by atoms with Crippen molar-refractivity contribution in [2.24, 2.45) is 4.99 Å². The molecule has 0 saturated heterocycles. The number of rotatable bonds is 4. The fourth-order valence-electron chi connectivity index (χ4n) is 1.94. The molecule has 0 saturated carbocycles. The van der Waals surface area contributed by atoms with E-state index in [0.29, 0.717) is 10.7 Å². The third kappa shape index (κ3) is 3.58. The topological polar surface area (TPSA) is 88.6 Å². The van der Waals surface area contributed by atoms with Gasteiger partial charge in [-0.3, -0.25) is 10.1 Å². The molecule has 7 heteroatoms. The molecule has 6 nitrogen and oxygen atoms in total. The van der Waals surface area contributed by atoms with Crippen LogP contribution < -0.4 is 0 Å². The number of hydrogen-bond acceptors (Lipinski definition) is 6. The Hall–Kier alpha value is -3.06. The highest BCUT2D eigenvalue weighted by Gasteiger charge is 2.05. The van der Waals surface area contributed by atoms with Crippen molar-refractivity contribution in [2.45, 2.75) is 0 Å². The SMILES string of the molecule is O=[N+]([O-])c1cccc(/C=N/c2nc(-c3ccc(O)cc3)cs2)c1. The Kier molecular flexibility index (Phi) is 4.11. The van der Waals surface area contributed by atoms with E-state index in [1.54, 1.807) is 42.6 Å². The summed E-state index contributed by atoms with van der Waals surface area (Å²) >= 11 is 1.37. The van der Waals surface area contributed by atoms with Crippen molar-refractivity contribution in [3.8, 4) is 17.0 Å². The number of non-ortho nitro benzene ring substituents is 1. The minimum atomic E-state index is -0.441. The van der Waals surface area contributed by atoms with Gasteiger partial charge in [0.2, 0.25) is 5.13 Å². The minimum absolute atomic E-state index is 0.0258. The molecule has 3 rings (SSSR count). The predicted octanol–water partition coefficient (Wildman–Crippen LogP) is 4.17. The highest BCUT2D eigenvalue weighted by atomic mass is 32.1. The van der Waals surface area contributed by atoms with Crippen LogP contribution in [-0.4, -0.2) is 21.2 Å². The molecule has 0 fully saturated rings. The van der Waals surface area contributed by atoms with Gasteiger partial charge in [-0.25, -0.2) is 9.98 Å². The number of thiazole rings is 1. The number of nitro benzene ring substituents is 1. The zero-order valence-electron chi connectivity index (χ0n) is 11.8. The molecular weight excluding hydrogens is 314 g/mol. The lowest BCUT2D eigenvalue weighted by atomic mass is 10.2. The van der Waals surface area contributed by atoms with Gasteiger partial charge >= 0.3 is 0 Å². The second-order valence-corrected chi connectivity index (χ2v) is 5.51. The number of phenols is 1. The van der Waals surface area contributed by atoms with Crippen LogP contribution in [0, 0.1) is 10.1 Å². The first-order chi connectivity index (χ1) is 11.1. The Morgan fingerprint density at radius 1 is 1.22 bits per heavy atom. The average Bonchev–Trinajstić information content (AvgIpc) is 3.03. The average molecular weight is 325 g/mol.